The van der Waals surface area contributed by atoms with Crippen molar-refractivity contribution in [2.45, 2.75) is 20.0 Å². The molecule has 0 spiro atoms. The molecule has 7 heteroatoms. The number of para-hydroxylation sites is 2. The maximum absolute atomic E-state index is 12.1. The summed E-state index contributed by atoms with van der Waals surface area (Å²) in [5.41, 5.74) is 1.93. The number of halogens is 1. The number of benzene rings is 2. The van der Waals surface area contributed by atoms with Crippen molar-refractivity contribution in [1.82, 2.24) is 14.9 Å². The van der Waals surface area contributed by atoms with Gasteiger partial charge in [-0.15, -0.1) is 0 Å². The molecular weight excluding hydrogens is 366 g/mol. The quantitative estimate of drug-likeness (QED) is 0.571. The number of nitrogens with zero attached hydrogens (tertiary/aromatic N) is 2. The first kappa shape index (κ1) is 19.2. The number of rotatable bonds is 9. The Kier molecular flexibility index (Phi) is 6.68. The molecule has 27 heavy (non-hydrogen) atoms. The van der Waals surface area contributed by atoms with Gasteiger partial charge in [-0.05, 0) is 43.3 Å². The lowest BCUT2D eigenvalue weighted by atomic mass is 10.3. The Morgan fingerprint density at radius 3 is 2.74 bits per heavy atom. The van der Waals surface area contributed by atoms with Crippen molar-refractivity contribution in [3.63, 3.8) is 0 Å². The van der Waals surface area contributed by atoms with Gasteiger partial charge in [0, 0.05) is 18.2 Å². The van der Waals surface area contributed by atoms with Crippen LogP contribution in [0.4, 0.5) is 0 Å². The van der Waals surface area contributed by atoms with Crippen LogP contribution in [-0.4, -0.2) is 35.3 Å². The highest BCUT2D eigenvalue weighted by molar-refractivity contribution is 6.30. The maximum atomic E-state index is 12.1. The molecule has 1 N–H and O–H groups in total. The lowest BCUT2D eigenvalue weighted by Crippen LogP contribution is -2.29. The Balaban J connectivity index is 1.60. The number of imidazole rings is 1. The summed E-state index contributed by atoms with van der Waals surface area (Å²) in [5.74, 6) is 1.17. The number of ether oxygens (including phenoxy) is 2. The fraction of sp³-hybridized carbons (Fsp3) is 0.300. The summed E-state index contributed by atoms with van der Waals surface area (Å²) in [5, 5.41) is 3.48. The monoisotopic (exact) mass is 387 g/mol. The lowest BCUT2D eigenvalue weighted by Gasteiger charge is -2.11. The van der Waals surface area contributed by atoms with Crippen molar-refractivity contribution in [2.24, 2.45) is 0 Å². The minimum atomic E-state index is -0.214. The minimum absolute atomic E-state index is 0.0686. The smallest absolute Gasteiger partial charge is 0.258 e. The number of amides is 1. The molecule has 0 aliphatic rings. The minimum Gasteiger partial charge on any atom is -0.484 e. The van der Waals surface area contributed by atoms with E-state index in [9.17, 15) is 4.79 Å². The van der Waals surface area contributed by atoms with Crippen molar-refractivity contribution < 1.29 is 14.3 Å². The molecule has 0 aliphatic carbocycles. The summed E-state index contributed by atoms with van der Waals surface area (Å²) < 4.78 is 13.0. The van der Waals surface area contributed by atoms with Crippen LogP contribution >= 0.6 is 11.6 Å². The average molecular weight is 388 g/mol. The summed E-state index contributed by atoms with van der Waals surface area (Å²) in [6.07, 6.45) is 0. The van der Waals surface area contributed by atoms with Gasteiger partial charge in [-0.1, -0.05) is 23.7 Å². The van der Waals surface area contributed by atoms with Gasteiger partial charge in [0.1, 0.15) is 11.6 Å². The zero-order chi connectivity index (χ0) is 19.1. The molecule has 0 aliphatic heterocycles. The van der Waals surface area contributed by atoms with E-state index < -0.39 is 0 Å². The van der Waals surface area contributed by atoms with Crippen molar-refractivity contribution in [1.29, 1.82) is 0 Å². The van der Waals surface area contributed by atoms with Gasteiger partial charge in [0.05, 0.1) is 24.2 Å². The van der Waals surface area contributed by atoms with E-state index >= 15 is 0 Å². The SMILES string of the molecule is CCOCCn1c(CNC(=O)COc2ccc(Cl)cc2)nc2ccccc21. The first-order valence-electron chi connectivity index (χ1n) is 8.84. The van der Waals surface area contributed by atoms with Crippen LogP contribution in [0.5, 0.6) is 5.75 Å². The molecule has 0 bridgehead atoms. The van der Waals surface area contributed by atoms with Gasteiger partial charge in [-0.2, -0.15) is 0 Å². The highest BCUT2D eigenvalue weighted by Crippen LogP contribution is 2.17. The molecule has 0 atom stereocenters. The molecule has 1 aromatic heterocycles. The Labute approximate surface area is 163 Å². The normalized spacial score (nSPS) is 10.9. The highest BCUT2D eigenvalue weighted by Gasteiger charge is 2.12. The first-order valence-corrected chi connectivity index (χ1v) is 9.22. The second kappa shape index (κ2) is 9.39. The highest BCUT2D eigenvalue weighted by atomic mass is 35.5. The third kappa shape index (κ3) is 5.21. The van der Waals surface area contributed by atoms with Crippen molar-refractivity contribution in [3.05, 3.63) is 59.4 Å². The number of hydrogen-bond acceptors (Lipinski definition) is 4. The molecule has 3 aromatic rings. The van der Waals surface area contributed by atoms with E-state index in [-0.39, 0.29) is 12.5 Å². The van der Waals surface area contributed by atoms with Gasteiger partial charge in [-0.3, -0.25) is 4.79 Å². The maximum Gasteiger partial charge on any atom is 0.258 e. The summed E-state index contributed by atoms with van der Waals surface area (Å²) >= 11 is 5.83. The van der Waals surface area contributed by atoms with Crippen molar-refractivity contribution in [3.8, 4) is 5.75 Å². The summed E-state index contributed by atoms with van der Waals surface area (Å²) in [4.78, 5) is 16.7. The van der Waals surface area contributed by atoms with E-state index in [0.29, 0.717) is 37.1 Å². The van der Waals surface area contributed by atoms with Gasteiger partial charge in [0.15, 0.2) is 6.61 Å². The van der Waals surface area contributed by atoms with E-state index in [0.717, 1.165) is 16.9 Å². The van der Waals surface area contributed by atoms with Gasteiger partial charge in [0.25, 0.3) is 5.91 Å². The van der Waals surface area contributed by atoms with E-state index in [4.69, 9.17) is 21.1 Å². The molecule has 1 heterocycles. The molecular formula is C20H22ClN3O3. The van der Waals surface area contributed by atoms with Crippen molar-refractivity contribution >= 4 is 28.5 Å². The van der Waals surface area contributed by atoms with E-state index in [2.05, 4.69) is 14.9 Å². The topological polar surface area (TPSA) is 65.4 Å². The Morgan fingerprint density at radius 2 is 1.96 bits per heavy atom. The van der Waals surface area contributed by atoms with Crippen LogP contribution < -0.4 is 10.1 Å². The molecule has 0 unspecified atom stereocenters. The van der Waals surface area contributed by atoms with Crippen LogP contribution in [0.3, 0.4) is 0 Å². The number of hydrogen-bond donors (Lipinski definition) is 1. The van der Waals surface area contributed by atoms with Crippen LogP contribution in [0.25, 0.3) is 11.0 Å². The van der Waals surface area contributed by atoms with Crippen LogP contribution in [0, 0.1) is 0 Å². The number of aromatic nitrogens is 2. The van der Waals surface area contributed by atoms with E-state index in [1.165, 1.54) is 0 Å². The molecule has 0 saturated carbocycles. The summed E-state index contributed by atoms with van der Waals surface area (Å²) in [7, 11) is 0. The van der Waals surface area contributed by atoms with Gasteiger partial charge in [0.2, 0.25) is 0 Å². The Hall–Kier alpha value is -2.57. The Morgan fingerprint density at radius 1 is 1.19 bits per heavy atom. The summed E-state index contributed by atoms with van der Waals surface area (Å²) in [6.45, 7) is 4.16. The number of nitrogens with one attached hydrogen (secondary N) is 1. The van der Waals surface area contributed by atoms with E-state index in [1.807, 2.05) is 31.2 Å². The second-order valence-corrected chi connectivity index (χ2v) is 6.32. The van der Waals surface area contributed by atoms with Crippen LogP contribution in [0.15, 0.2) is 48.5 Å². The molecule has 0 radical (unpaired) electrons. The number of carbonyl (C=O) groups excluding carboxylic acids is 1. The van der Waals surface area contributed by atoms with Gasteiger partial charge >= 0.3 is 0 Å². The Bertz CT molecular complexity index is 893. The van der Waals surface area contributed by atoms with Crippen LogP contribution in [0.1, 0.15) is 12.7 Å². The lowest BCUT2D eigenvalue weighted by molar-refractivity contribution is -0.123. The third-order valence-corrected chi connectivity index (χ3v) is 4.28. The molecule has 1 amide bonds. The molecule has 142 valence electrons. The summed E-state index contributed by atoms with van der Waals surface area (Å²) in [6, 6.07) is 14.8. The number of fused-ring (bicyclic) bond motifs is 1. The number of carbonyl (C=O) groups is 1. The standard InChI is InChI=1S/C20H22ClN3O3/c1-2-26-12-11-24-18-6-4-3-5-17(18)23-19(24)13-22-20(25)14-27-16-9-7-15(21)8-10-16/h3-10H,2,11-14H2,1H3,(H,22,25). The van der Waals surface area contributed by atoms with Gasteiger partial charge in [-0.25, -0.2) is 4.98 Å². The second-order valence-electron chi connectivity index (χ2n) is 5.88. The van der Waals surface area contributed by atoms with E-state index in [1.54, 1.807) is 24.3 Å². The molecule has 6 nitrogen and oxygen atoms in total. The fourth-order valence-electron chi connectivity index (χ4n) is 2.72. The predicted molar refractivity (Wildman–Crippen MR) is 105 cm³/mol. The fourth-order valence-corrected chi connectivity index (χ4v) is 2.84. The first-order chi connectivity index (χ1) is 13.2. The molecule has 0 fully saturated rings. The largest absolute Gasteiger partial charge is 0.484 e. The zero-order valence-electron chi connectivity index (χ0n) is 15.2. The predicted octanol–water partition coefficient (Wildman–Crippen LogP) is 3.42. The average Bonchev–Trinajstić information content (AvgIpc) is 3.04. The molecule has 3 rings (SSSR count). The molecule has 0 saturated heterocycles. The molecule has 2 aromatic carbocycles. The van der Waals surface area contributed by atoms with Crippen LogP contribution in [0.2, 0.25) is 5.02 Å². The van der Waals surface area contributed by atoms with Crippen LogP contribution in [-0.2, 0) is 22.6 Å². The van der Waals surface area contributed by atoms with Gasteiger partial charge < -0.3 is 19.4 Å². The van der Waals surface area contributed by atoms with Crippen molar-refractivity contribution in [2.75, 3.05) is 19.8 Å². The zero-order valence-corrected chi connectivity index (χ0v) is 15.9. The third-order valence-electron chi connectivity index (χ3n) is 4.02.